The molecule has 5 aromatic carbocycles. The lowest BCUT2D eigenvalue weighted by Crippen LogP contribution is -2.18. The number of carbonyl (C=O) groups is 5. The minimum Gasteiger partial charge on any atom is -0.481 e. The van der Waals surface area contributed by atoms with Crippen molar-refractivity contribution in [3.63, 3.8) is 0 Å². The maximum Gasteiger partial charge on any atom is 0.258 e. The minimum atomic E-state index is -1.60. The van der Waals surface area contributed by atoms with E-state index in [1.807, 2.05) is 134 Å². The highest BCUT2D eigenvalue weighted by atomic mass is 32.2. The molecule has 696 valence electrons. The lowest BCUT2D eigenvalue weighted by molar-refractivity contribution is -0.115. The van der Waals surface area contributed by atoms with Gasteiger partial charge < -0.3 is 14.5 Å². The predicted molar refractivity (Wildman–Crippen MR) is 548 cm³/mol. The highest BCUT2D eigenvalue weighted by Crippen LogP contribution is 2.36. The van der Waals surface area contributed by atoms with Crippen molar-refractivity contribution in [2.24, 2.45) is 0 Å². The topological polar surface area (TPSA) is 424 Å². The smallest absolute Gasteiger partial charge is 0.258 e. The molecule has 5 N–H and O–H groups in total. The van der Waals surface area contributed by atoms with Crippen LogP contribution in [-0.4, -0.2) is 158 Å². The van der Waals surface area contributed by atoms with Crippen LogP contribution in [0.5, 0.6) is 5.88 Å². The molecular formula is C104H69N23O11S5. The average Bonchev–Trinajstić information content (AvgIpc) is 1.65. The Morgan fingerprint density at radius 1 is 0.350 bits per heavy atom. The fraction of sp³-hybridized carbons (Fsp3) is 0.0962. The molecule has 143 heavy (non-hydrogen) atoms. The van der Waals surface area contributed by atoms with Gasteiger partial charge in [0.2, 0.25) is 5.88 Å². The summed E-state index contributed by atoms with van der Waals surface area (Å²) in [7, 11) is -6.39. The van der Waals surface area contributed by atoms with Gasteiger partial charge in [0.15, 0.2) is 80.1 Å². The van der Waals surface area contributed by atoms with Gasteiger partial charge in [-0.3, -0.25) is 57.6 Å². The number of methoxy groups -OCH3 is 1. The third kappa shape index (κ3) is 22.6. The predicted octanol–water partition coefficient (Wildman–Crippen LogP) is 10.2. The van der Waals surface area contributed by atoms with Crippen LogP contribution in [0.4, 0.5) is 11.6 Å². The van der Waals surface area contributed by atoms with Crippen molar-refractivity contribution < 1.29 is 49.8 Å². The summed E-state index contributed by atoms with van der Waals surface area (Å²) in [5.41, 5.74) is 13.8. The van der Waals surface area contributed by atoms with E-state index in [9.17, 15) is 45.0 Å². The number of ether oxygens (including phenoxy) is 1. The van der Waals surface area contributed by atoms with Crippen LogP contribution in [0.1, 0.15) is 38.2 Å². The Kier molecular flexibility index (Phi) is 30.0. The quantitative estimate of drug-likeness (QED) is 0.0670. The molecule has 34 nitrogen and oxygen atoms in total. The molecule has 2 saturated heterocycles. The van der Waals surface area contributed by atoms with E-state index >= 15 is 0 Å². The first-order valence-corrected chi connectivity index (χ1v) is 48.8. The van der Waals surface area contributed by atoms with Crippen LogP contribution < -0.4 is 38.1 Å². The van der Waals surface area contributed by atoms with Crippen molar-refractivity contribution in [3.8, 4) is 175 Å². The van der Waals surface area contributed by atoms with Gasteiger partial charge in [-0.1, -0.05) is 66.6 Å². The number of nitrogens with one attached hydrogen (secondary N) is 5. The number of hydrogen-bond acceptors (Lipinski definition) is 24. The Balaban J connectivity index is 0.000000118. The molecule has 2 fully saturated rings. The molecule has 15 aromatic rings. The minimum absolute atomic E-state index is 0.305. The monoisotopic (exact) mass is 1980 g/mol. The summed E-state index contributed by atoms with van der Waals surface area (Å²) in [6, 6.07) is 50.4. The molecule has 0 spiro atoms. The first-order chi connectivity index (χ1) is 69.8. The molecule has 7 aliphatic heterocycles. The molecule has 17 heterocycles. The molecule has 0 saturated carbocycles. The maximum absolute atomic E-state index is 12.1. The lowest BCUT2D eigenvalue weighted by atomic mass is 10.0. The van der Waals surface area contributed by atoms with Crippen molar-refractivity contribution in [1.82, 2.24) is 97.4 Å². The van der Waals surface area contributed by atoms with E-state index < -0.39 is 60.8 Å². The van der Waals surface area contributed by atoms with Crippen molar-refractivity contribution in [3.05, 3.63) is 256 Å². The Labute approximate surface area is 828 Å². The highest BCUT2D eigenvalue weighted by molar-refractivity contribution is 7.94. The van der Waals surface area contributed by atoms with Crippen LogP contribution in [0.15, 0.2) is 250 Å². The van der Waals surface area contributed by atoms with Gasteiger partial charge in [0.05, 0.1) is 76.9 Å². The van der Waals surface area contributed by atoms with Gasteiger partial charge in [0.1, 0.15) is 17.7 Å². The largest absolute Gasteiger partial charge is 0.481 e. The molecule has 39 heteroatoms. The van der Waals surface area contributed by atoms with Gasteiger partial charge in [0, 0.05) is 149 Å². The number of benzene rings is 5. The van der Waals surface area contributed by atoms with Crippen LogP contribution in [0, 0.1) is 118 Å². The average molecular weight is 1980 g/mol. The normalized spacial score (nSPS) is 16.2. The number of nitrogens with zero attached hydrogens (tertiary/aromatic N) is 18. The number of hydrogen-bond donors (Lipinski definition) is 5. The number of nitriles is 1. The van der Waals surface area contributed by atoms with E-state index in [2.05, 4.69) is 209 Å². The third-order valence-electron chi connectivity index (χ3n) is 21.7. The second-order valence-electron chi connectivity index (χ2n) is 30.5. The van der Waals surface area contributed by atoms with Crippen LogP contribution in [0.2, 0.25) is 0 Å². The molecule has 5 unspecified atom stereocenters. The number of fused-ring (bicyclic) bond motifs is 5. The summed E-state index contributed by atoms with van der Waals surface area (Å²) in [5.74, 6) is 42.6. The fourth-order valence-electron chi connectivity index (χ4n) is 15.1. The number of rotatable bonds is 13. The van der Waals surface area contributed by atoms with Gasteiger partial charge in [0.25, 0.3) is 29.5 Å². The Hall–Kier alpha value is -19.1. The number of aromatic nitrogens is 15. The number of carbonyl (C=O) groups excluding carboxylic acids is 5. The molecule has 5 atom stereocenters. The van der Waals surface area contributed by atoms with Crippen LogP contribution >= 0.6 is 0 Å². The third-order valence-corrected chi connectivity index (χ3v) is 26.9. The number of pyridine rings is 5. The van der Waals surface area contributed by atoms with E-state index in [1.165, 1.54) is 76.3 Å². The van der Waals surface area contributed by atoms with E-state index in [0.717, 1.165) is 148 Å². The standard InChI is InChI=1S/2C19H17N5O2S.C19H4.C16H9N5O2S.C16H12N4O3S.C15H10N4O2S/c25-18-10-19(27(26)22-18)24-16-9-13(3-4-15(16)12-21-24)14-5-6-17(20-11-14)23-7-1-2-8-23;25-18-10-19(27(26)22-18)24-16-5-3-4-14(15(16)12-21-24)13-6-7-17(20-11-13)23-8-1-2-9-23;1-3-5-7-9-11-13-15-17-19-18-16-14-12-10-8-6-4-2;17-7-10-1-3-13(18-8-10)11-2-4-14-12(5-11)9-19-21(14)16-6-15(22)20-24(16)23;1-23-15-7-11(4-5-17-15)10-2-3-12-9-18-20(13(12)6-10)16-8-14(21)19-24(16)22;20-14-7-15(22(21)18-14)19-13-6-10(3-4-12(13)9-17-19)11-2-1-5-16-8-11/h3-6,9-12H,1-2,7-8H2,(H,22,25);3-7,10-12H,1-2,8-9H2,(H,22,25);1H,2H3;1-6,8-9H,(H,20,22);2-9H,1H3,(H,19,21);1-9H,(H,18,20). The van der Waals surface area contributed by atoms with Crippen LogP contribution in [-0.2, 0) is 78.9 Å². The van der Waals surface area contributed by atoms with Crippen LogP contribution in [0.25, 0.3) is 135 Å². The van der Waals surface area contributed by atoms with Crippen molar-refractivity contribution in [2.75, 3.05) is 43.1 Å². The molecule has 0 bridgehead atoms. The zero-order chi connectivity index (χ0) is 99.2. The van der Waals surface area contributed by atoms with Gasteiger partial charge >= 0.3 is 0 Å². The molecule has 5 amide bonds. The summed E-state index contributed by atoms with van der Waals surface area (Å²) >= 11 is 0. The van der Waals surface area contributed by atoms with Gasteiger partial charge in [-0.15, -0.1) is 6.42 Å². The Morgan fingerprint density at radius 3 is 1.16 bits per heavy atom. The Morgan fingerprint density at radius 2 is 0.755 bits per heavy atom. The maximum atomic E-state index is 12.1. The van der Waals surface area contributed by atoms with Crippen molar-refractivity contribution in [1.29, 1.82) is 5.26 Å². The van der Waals surface area contributed by atoms with E-state index in [1.54, 1.807) is 85.1 Å². The van der Waals surface area contributed by atoms with E-state index in [0.29, 0.717) is 36.6 Å². The first kappa shape index (κ1) is 95.6. The Bertz CT molecular complexity index is 8670. The van der Waals surface area contributed by atoms with Gasteiger partial charge in [-0.25, -0.2) is 59.4 Å². The lowest BCUT2D eigenvalue weighted by Gasteiger charge is -2.16. The zero-order valence-electron chi connectivity index (χ0n) is 75.0. The highest BCUT2D eigenvalue weighted by Gasteiger charge is 2.30. The number of anilines is 2. The van der Waals surface area contributed by atoms with Gasteiger partial charge in [-0.05, 0) is 240 Å². The van der Waals surface area contributed by atoms with Crippen molar-refractivity contribution in [2.45, 2.75) is 32.6 Å². The molecule has 0 radical (unpaired) electrons. The molecule has 22 rings (SSSR count). The fourth-order valence-corrected chi connectivity index (χ4v) is 19.4. The molecule has 0 aliphatic carbocycles. The second kappa shape index (κ2) is 44.8. The van der Waals surface area contributed by atoms with E-state index in [4.69, 9.17) is 16.4 Å². The first-order valence-electron chi connectivity index (χ1n) is 43.0. The molecule has 7 aliphatic rings. The summed E-state index contributed by atoms with van der Waals surface area (Å²) in [5, 5.41) is 36.3. The van der Waals surface area contributed by atoms with Gasteiger partial charge in [-0.2, -0.15) is 30.8 Å². The second-order valence-corrected chi connectivity index (χ2v) is 36.3. The number of amides is 5. The molecule has 10 aromatic heterocycles. The summed E-state index contributed by atoms with van der Waals surface area (Å²) in [4.78, 5) is 83.4. The summed E-state index contributed by atoms with van der Waals surface area (Å²) < 4.78 is 84.5. The molecular weight excluding hydrogens is 1910 g/mol. The SMILES string of the molecule is C#CC#CC#CC#CC#CC#CC#CC#CC#CC.COc1cc(-c2ccc3cnn(C4=CC(=O)NS4=O)c3c2)ccn1.N#Cc1ccc(-c2ccc3c(cnn3C3=CC(=O)NS3=O)c2)nc1.O=C1C=C(n2ncc3c(-c4ccc(N5CCCC5)nc4)cccc32)S(=O)N1.O=C1C=C(n2ncc3ccc(-c4ccc(N5CCCC5)nc4)cc32)S(=O)N1.O=C1C=C(n2ncc3ccc(-c4cccnc4)cc32)S(=O)N1. The van der Waals surface area contributed by atoms with Crippen LogP contribution in [0.3, 0.4) is 0 Å². The zero-order valence-corrected chi connectivity index (χ0v) is 79.1. The van der Waals surface area contributed by atoms with E-state index in [-0.39, 0.29) is 23.6 Å². The summed E-state index contributed by atoms with van der Waals surface area (Å²) in [6.45, 7) is 5.96. The number of terminal acetylenes is 1. The summed E-state index contributed by atoms with van der Waals surface area (Å²) in [6.07, 6.45) is 35.2. The van der Waals surface area contributed by atoms with Crippen molar-refractivity contribution >= 4 is 176 Å².